The van der Waals surface area contributed by atoms with Crippen LogP contribution in [0.3, 0.4) is 0 Å². The number of nitrogens with zero attached hydrogens (tertiary/aromatic N) is 1. The van der Waals surface area contributed by atoms with Crippen LogP contribution in [-0.4, -0.2) is 23.8 Å². The summed E-state index contributed by atoms with van der Waals surface area (Å²) in [5, 5.41) is 0.630. The standard InChI is InChI=1S/C11H15BClNO2/c1-8-6-11(2,3)16-12(15-8)9-7-14-5-4-10(9)13/h4-5,7-8H,6H2,1-3H3. The summed E-state index contributed by atoms with van der Waals surface area (Å²) >= 11 is 6.10. The van der Waals surface area contributed by atoms with Crippen LogP contribution in [0.1, 0.15) is 27.2 Å². The smallest absolute Gasteiger partial charge is 0.405 e. The van der Waals surface area contributed by atoms with E-state index in [4.69, 9.17) is 20.9 Å². The topological polar surface area (TPSA) is 31.4 Å². The van der Waals surface area contributed by atoms with E-state index in [1.807, 2.05) is 6.92 Å². The highest BCUT2D eigenvalue weighted by molar-refractivity contribution is 6.65. The molecule has 86 valence electrons. The third-order valence-corrected chi connectivity index (χ3v) is 2.96. The van der Waals surface area contributed by atoms with Crippen LogP contribution >= 0.6 is 11.6 Å². The second-order valence-electron chi connectivity index (χ2n) is 4.76. The maximum absolute atomic E-state index is 6.10. The summed E-state index contributed by atoms with van der Waals surface area (Å²) in [7, 11) is -0.417. The second kappa shape index (κ2) is 4.36. The van der Waals surface area contributed by atoms with Gasteiger partial charge in [-0.2, -0.15) is 0 Å². The van der Waals surface area contributed by atoms with Crippen LogP contribution < -0.4 is 5.46 Å². The molecule has 0 bridgehead atoms. The lowest BCUT2D eigenvalue weighted by molar-refractivity contribution is -0.0229. The molecular weight excluding hydrogens is 224 g/mol. The van der Waals surface area contributed by atoms with E-state index in [0.29, 0.717) is 5.02 Å². The molecule has 1 aliphatic rings. The minimum absolute atomic E-state index is 0.157. The zero-order valence-corrected chi connectivity index (χ0v) is 10.5. The van der Waals surface area contributed by atoms with Crippen LogP contribution in [0.25, 0.3) is 0 Å². The van der Waals surface area contributed by atoms with Crippen molar-refractivity contribution in [3.63, 3.8) is 0 Å². The number of rotatable bonds is 1. The third kappa shape index (κ3) is 2.57. The summed E-state index contributed by atoms with van der Waals surface area (Å²) in [6.07, 6.45) is 4.39. The largest absolute Gasteiger partial charge is 0.497 e. The molecule has 1 aliphatic heterocycles. The Balaban J connectivity index is 2.25. The van der Waals surface area contributed by atoms with E-state index >= 15 is 0 Å². The van der Waals surface area contributed by atoms with Gasteiger partial charge in [-0.1, -0.05) is 11.6 Å². The Hall–Kier alpha value is -0.575. The molecule has 1 aromatic heterocycles. The summed E-state index contributed by atoms with van der Waals surface area (Å²) in [6.45, 7) is 6.16. The van der Waals surface area contributed by atoms with Crippen LogP contribution in [0.2, 0.25) is 5.02 Å². The lowest BCUT2D eigenvalue weighted by Crippen LogP contribution is -2.52. The molecule has 2 rings (SSSR count). The van der Waals surface area contributed by atoms with Gasteiger partial charge in [-0.05, 0) is 33.3 Å². The van der Waals surface area contributed by atoms with Gasteiger partial charge in [-0.15, -0.1) is 0 Å². The van der Waals surface area contributed by atoms with Crippen LogP contribution in [0.15, 0.2) is 18.5 Å². The molecule has 0 amide bonds. The van der Waals surface area contributed by atoms with Gasteiger partial charge in [-0.25, -0.2) is 0 Å². The van der Waals surface area contributed by atoms with Gasteiger partial charge in [0.1, 0.15) is 0 Å². The molecule has 1 unspecified atom stereocenters. The van der Waals surface area contributed by atoms with Gasteiger partial charge in [0.15, 0.2) is 0 Å². The van der Waals surface area contributed by atoms with Gasteiger partial charge in [0, 0.05) is 29.0 Å². The molecule has 3 nitrogen and oxygen atoms in total. The Kier molecular flexibility index (Phi) is 3.24. The predicted octanol–water partition coefficient (Wildman–Crippen LogP) is 2.03. The zero-order chi connectivity index (χ0) is 11.8. The second-order valence-corrected chi connectivity index (χ2v) is 5.16. The van der Waals surface area contributed by atoms with Crippen LogP contribution in [0, 0.1) is 0 Å². The highest BCUT2D eigenvalue weighted by atomic mass is 35.5. The molecule has 0 aliphatic carbocycles. The number of aromatic nitrogens is 1. The molecule has 0 radical (unpaired) electrons. The highest BCUT2D eigenvalue weighted by Gasteiger charge is 2.39. The van der Waals surface area contributed by atoms with Gasteiger partial charge < -0.3 is 9.31 Å². The van der Waals surface area contributed by atoms with E-state index in [0.717, 1.165) is 11.9 Å². The van der Waals surface area contributed by atoms with E-state index in [9.17, 15) is 0 Å². The molecule has 2 heterocycles. The van der Waals surface area contributed by atoms with Crippen LogP contribution in [-0.2, 0) is 9.31 Å². The number of hydrogen-bond acceptors (Lipinski definition) is 3. The van der Waals surface area contributed by atoms with Crippen LogP contribution in [0.5, 0.6) is 0 Å². The first-order valence-corrected chi connectivity index (χ1v) is 5.78. The quantitative estimate of drug-likeness (QED) is 0.703. The average Bonchev–Trinajstić information content (AvgIpc) is 2.15. The zero-order valence-electron chi connectivity index (χ0n) is 9.74. The molecule has 0 aromatic carbocycles. The Morgan fingerprint density at radius 1 is 1.56 bits per heavy atom. The van der Waals surface area contributed by atoms with Crippen molar-refractivity contribution in [2.45, 2.75) is 38.9 Å². The van der Waals surface area contributed by atoms with Gasteiger partial charge >= 0.3 is 7.12 Å². The first-order chi connectivity index (χ1) is 7.48. The Labute approximate surface area is 101 Å². The van der Waals surface area contributed by atoms with Crippen molar-refractivity contribution in [1.29, 1.82) is 0 Å². The lowest BCUT2D eigenvalue weighted by atomic mass is 9.76. The summed E-state index contributed by atoms with van der Waals surface area (Å²) in [4.78, 5) is 4.05. The summed E-state index contributed by atoms with van der Waals surface area (Å²) in [5.41, 5.74) is 0.602. The molecule has 0 spiro atoms. The van der Waals surface area contributed by atoms with Crippen LogP contribution in [0.4, 0.5) is 0 Å². The van der Waals surface area contributed by atoms with Gasteiger partial charge in [0.25, 0.3) is 0 Å². The van der Waals surface area contributed by atoms with Crippen molar-refractivity contribution in [3.8, 4) is 0 Å². The monoisotopic (exact) mass is 239 g/mol. The molecule has 1 saturated heterocycles. The maximum atomic E-state index is 6.10. The Bertz CT molecular complexity index is 386. The molecule has 16 heavy (non-hydrogen) atoms. The van der Waals surface area contributed by atoms with Crippen molar-refractivity contribution in [1.82, 2.24) is 4.98 Å². The molecule has 0 N–H and O–H groups in total. The Morgan fingerprint density at radius 3 is 2.94 bits per heavy atom. The van der Waals surface area contributed by atoms with E-state index in [1.165, 1.54) is 0 Å². The van der Waals surface area contributed by atoms with E-state index in [-0.39, 0.29) is 11.7 Å². The molecule has 5 heteroatoms. The fraction of sp³-hybridized carbons (Fsp3) is 0.545. The van der Waals surface area contributed by atoms with E-state index in [1.54, 1.807) is 18.5 Å². The molecule has 0 saturated carbocycles. The molecule has 1 fully saturated rings. The predicted molar refractivity (Wildman–Crippen MR) is 65.0 cm³/mol. The van der Waals surface area contributed by atoms with Crippen molar-refractivity contribution < 1.29 is 9.31 Å². The normalized spacial score (nSPS) is 24.5. The van der Waals surface area contributed by atoms with Crippen molar-refractivity contribution in [2.24, 2.45) is 0 Å². The number of halogens is 1. The van der Waals surface area contributed by atoms with E-state index < -0.39 is 7.12 Å². The van der Waals surface area contributed by atoms with Gasteiger partial charge in [-0.3, -0.25) is 4.98 Å². The third-order valence-electron chi connectivity index (χ3n) is 2.61. The number of pyridine rings is 1. The van der Waals surface area contributed by atoms with Gasteiger partial charge in [0.2, 0.25) is 0 Å². The molecular formula is C11H15BClNO2. The molecule has 1 aromatic rings. The first kappa shape index (κ1) is 11.9. The minimum atomic E-state index is -0.417. The van der Waals surface area contributed by atoms with Crippen molar-refractivity contribution in [2.75, 3.05) is 0 Å². The molecule has 1 atom stereocenters. The Morgan fingerprint density at radius 2 is 2.31 bits per heavy atom. The maximum Gasteiger partial charge on any atom is 0.497 e. The van der Waals surface area contributed by atoms with E-state index in [2.05, 4.69) is 18.8 Å². The minimum Gasteiger partial charge on any atom is -0.405 e. The van der Waals surface area contributed by atoms with Crippen molar-refractivity contribution in [3.05, 3.63) is 23.5 Å². The first-order valence-electron chi connectivity index (χ1n) is 5.41. The fourth-order valence-corrected chi connectivity index (χ4v) is 2.21. The van der Waals surface area contributed by atoms with Gasteiger partial charge in [0.05, 0.1) is 5.60 Å². The van der Waals surface area contributed by atoms with Crippen molar-refractivity contribution >= 4 is 24.2 Å². The fourth-order valence-electron chi connectivity index (χ4n) is 2.02. The highest BCUT2D eigenvalue weighted by Crippen LogP contribution is 2.26. The number of hydrogen-bond donors (Lipinski definition) is 0. The lowest BCUT2D eigenvalue weighted by Gasteiger charge is -2.38. The summed E-state index contributed by atoms with van der Waals surface area (Å²) < 4.78 is 11.6. The average molecular weight is 240 g/mol. The summed E-state index contributed by atoms with van der Waals surface area (Å²) in [6, 6.07) is 1.75. The SMILES string of the molecule is CC1CC(C)(C)OB(c2cnccc2Cl)O1. The summed E-state index contributed by atoms with van der Waals surface area (Å²) in [5.74, 6) is 0.